The molecule has 104 valence electrons. The van der Waals surface area contributed by atoms with Crippen molar-refractivity contribution in [1.29, 1.82) is 0 Å². The van der Waals surface area contributed by atoms with E-state index in [1.807, 2.05) is 6.92 Å². The Labute approximate surface area is 118 Å². The Hall–Kier alpha value is -2.00. The number of hydrogen-bond acceptors (Lipinski definition) is 3. The number of rotatable bonds is 4. The predicted molar refractivity (Wildman–Crippen MR) is 79.1 cm³/mol. The Morgan fingerprint density at radius 3 is 2.80 bits per heavy atom. The topological polar surface area (TPSA) is 52.5 Å². The van der Waals surface area contributed by atoms with Gasteiger partial charge >= 0.3 is 0 Å². The molecule has 3 N–H and O–H groups in total. The summed E-state index contributed by atoms with van der Waals surface area (Å²) in [7, 11) is 0. The van der Waals surface area contributed by atoms with E-state index in [1.54, 1.807) is 6.07 Å². The van der Waals surface area contributed by atoms with Crippen molar-refractivity contribution in [2.45, 2.75) is 25.3 Å². The normalized spacial score (nSPS) is 18.1. The molecule has 2 atom stereocenters. The highest BCUT2D eigenvalue weighted by molar-refractivity contribution is 5.42. The van der Waals surface area contributed by atoms with Crippen molar-refractivity contribution in [2.24, 2.45) is 0 Å². The fourth-order valence-electron chi connectivity index (χ4n) is 2.86. The molecule has 3 heteroatoms. The summed E-state index contributed by atoms with van der Waals surface area (Å²) >= 11 is 0. The Kier molecular flexibility index (Phi) is 3.36. The minimum Gasteiger partial charge on any atom is -0.508 e. The van der Waals surface area contributed by atoms with Gasteiger partial charge in [-0.25, -0.2) is 0 Å². The second kappa shape index (κ2) is 5.17. The highest BCUT2D eigenvalue weighted by Crippen LogP contribution is 2.35. The van der Waals surface area contributed by atoms with E-state index in [1.165, 1.54) is 23.3 Å². The molecule has 0 fully saturated rings. The molecule has 0 saturated carbocycles. The van der Waals surface area contributed by atoms with Gasteiger partial charge in [-0.15, -0.1) is 0 Å². The van der Waals surface area contributed by atoms with E-state index < -0.39 is 0 Å². The van der Waals surface area contributed by atoms with Crippen LogP contribution in [0.1, 0.15) is 35.6 Å². The molecule has 2 aromatic carbocycles. The summed E-state index contributed by atoms with van der Waals surface area (Å²) in [6.45, 7) is 2.88. The first-order chi connectivity index (χ1) is 9.65. The van der Waals surface area contributed by atoms with Crippen LogP contribution in [-0.4, -0.2) is 16.8 Å². The van der Waals surface area contributed by atoms with Gasteiger partial charge < -0.3 is 15.5 Å². The van der Waals surface area contributed by atoms with Crippen LogP contribution in [0.2, 0.25) is 0 Å². The van der Waals surface area contributed by atoms with Gasteiger partial charge in [0, 0.05) is 24.1 Å². The lowest BCUT2D eigenvalue weighted by Gasteiger charge is -2.31. The van der Waals surface area contributed by atoms with Gasteiger partial charge in [0.1, 0.15) is 11.5 Å². The number of fused-ring (bicyclic) bond motifs is 1. The molecule has 0 bridgehead atoms. The maximum Gasteiger partial charge on any atom is 0.120 e. The number of hydrogen-bond donors (Lipinski definition) is 3. The Bertz CT molecular complexity index is 624. The fraction of sp³-hybridized carbons (Fsp3) is 0.294. The third kappa shape index (κ3) is 2.37. The molecule has 3 rings (SSSR count). The first-order valence-electron chi connectivity index (χ1n) is 6.98. The van der Waals surface area contributed by atoms with Gasteiger partial charge in [-0.05, 0) is 42.7 Å². The largest absolute Gasteiger partial charge is 0.508 e. The van der Waals surface area contributed by atoms with Gasteiger partial charge in [-0.1, -0.05) is 24.3 Å². The molecule has 2 unspecified atom stereocenters. The van der Waals surface area contributed by atoms with E-state index >= 15 is 0 Å². The van der Waals surface area contributed by atoms with E-state index in [4.69, 9.17) is 0 Å². The predicted octanol–water partition coefficient (Wildman–Crippen LogP) is 3.09. The summed E-state index contributed by atoms with van der Waals surface area (Å²) < 4.78 is 0. The second-order valence-electron chi connectivity index (χ2n) is 5.47. The Balaban J connectivity index is 1.63. The SMILES string of the molecule is CC(NCC1Cc2ccccc21)c1cc(O)ccc1O. The Morgan fingerprint density at radius 2 is 2.00 bits per heavy atom. The third-order valence-electron chi connectivity index (χ3n) is 4.11. The van der Waals surface area contributed by atoms with Gasteiger partial charge in [-0.3, -0.25) is 0 Å². The maximum atomic E-state index is 9.85. The molecule has 2 aromatic rings. The summed E-state index contributed by atoms with van der Waals surface area (Å²) in [5.41, 5.74) is 3.59. The number of nitrogens with one attached hydrogen (secondary N) is 1. The summed E-state index contributed by atoms with van der Waals surface area (Å²) in [5, 5.41) is 22.8. The van der Waals surface area contributed by atoms with Crippen LogP contribution < -0.4 is 5.32 Å². The molecule has 20 heavy (non-hydrogen) atoms. The second-order valence-corrected chi connectivity index (χ2v) is 5.47. The summed E-state index contributed by atoms with van der Waals surface area (Å²) in [6.07, 6.45) is 1.11. The third-order valence-corrected chi connectivity index (χ3v) is 4.11. The van der Waals surface area contributed by atoms with Gasteiger partial charge in [0.15, 0.2) is 0 Å². The van der Waals surface area contributed by atoms with Crippen LogP contribution in [0.4, 0.5) is 0 Å². The van der Waals surface area contributed by atoms with E-state index in [0.717, 1.165) is 18.5 Å². The molecule has 0 heterocycles. The average molecular weight is 269 g/mol. The number of benzene rings is 2. The molecular weight excluding hydrogens is 250 g/mol. The van der Waals surface area contributed by atoms with Crippen LogP contribution >= 0.6 is 0 Å². The smallest absolute Gasteiger partial charge is 0.120 e. The van der Waals surface area contributed by atoms with Crippen molar-refractivity contribution in [3.63, 3.8) is 0 Å². The molecule has 1 aliphatic carbocycles. The minimum absolute atomic E-state index is 0.00913. The van der Waals surface area contributed by atoms with E-state index in [9.17, 15) is 10.2 Å². The van der Waals surface area contributed by atoms with Crippen LogP contribution in [0.15, 0.2) is 42.5 Å². The molecule has 0 aromatic heterocycles. The lowest BCUT2D eigenvalue weighted by molar-refractivity contribution is 0.432. The van der Waals surface area contributed by atoms with Crippen LogP contribution in [0.5, 0.6) is 11.5 Å². The molecule has 0 spiro atoms. The zero-order chi connectivity index (χ0) is 14.1. The van der Waals surface area contributed by atoms with Gasteiger partial charge in [0.05, 0.1) is 0 Å². The summed E-state index contributed by atoms with van der Waals surface area (Å²) in [5.74, 6) is 0.949. The first-order valence-corrected chi connectivity index (χ1v) is 6.98. The minimum atomic E-state index is 0.00913. The number of phenols is 2. The molecule has 0 saturated heterocycles. The molecule has 3 nitrogen and oxygen atoms in total. The van der Waals surface area contributed by atoms with Crippen LogP contribution in [0.25, 0.3) is 0 Å². The maximum absolute atomic E-state index is 9.85. The molecular formula is C17H19NO2. The molecule has 0 amide bonds. The van der Waals surface area contributed by atoms with Crippen molar-refractivity contribution in [2.75, 3.05) is 6.54 Å². The lowest BCUT2D eigenvalue weighted by Crippen LogP contribution is -2.30. The first kappa shape index (κ1) is 13.0. The zero-order valence-corrected chi connectivity index (χ0v) is 11.5. The quantitative estimate of drug-likeness (QED) is 0.748. The van der Waals surface area contributed by atoms with Crippen LogP contribution in [0, 0.1) is 0 Å². The average Bonchev–Trinajstić information content (AvgIpc) is 2.42. The highest BCUT2D eigenvalue weighted by Gasteiger charge is 2.25. The van der Waals surface area contributed by atoms with Crippen molar-refractivity contribution >= 4 is 0 Å². The lowest BCUT2D eigenvalue weighted by atomic mass is 9.77. The van der Waals surface area contributed by atoms with E-state index in [0.29, 0.717) is 5.92 Å². The number of phenolic OH excluding ortho intramolecular Hbond substituents is 2. The van der Waals surface area contributed by atoms with E-state index in [-0.39, 0.29) is 17.5 Å². The van der Waals surface area contributed by atoms with Crippen molar-refractivity contribution in [3.8, 4) is 11.5 Å². The summed E-state index contributed by atoms with van der Waals surface area (Å²) in [6, 6.07) is 13.2. The standard InChI is InChI=1S/C17H19NO2/c1-11(16-9-14(19)6-7-17(16)20)18-10-13-8-12-4-2-3-5-15(12)13/h2-7,9,11,13,18-20H,8,10H2,1H3. The fourth-order valence-corrected chi connectivity index (χ4v) is 2.86. The molecule has 1 aliphatic rings. The number of aromatic hydroxyl groups is 2. The van der Waals surface area contributed by atoms with Gasteiger partial charge in [-0.2, -0.15) is 0 Å². The van der Waals surface area contributed by atoms with Crippen LogP contribution in [0.3, 0.4) is 0 Å². The Morgan fingerprint density at radius 1 is 1.20 bits per heavy atom. The highest BCUT2D eigenvalue weighted by atomic mass is 16.3. The van der Waals surface area contributed by atoms with Gasteiger partial charge in [0.25, 0.3) is 0 Å². The zero-order valence-electron chi connectivity index (χ0n) is 11.5. The van der Waals surface area contributed by atoms with Crippen molar-refractivity contribution in [3.05, 3.63) is 59.2 Å². The van der Waals surface area contributed by atoms with Crippen molar-refractivity contribution in [1.82, 2.24) is 5.32 Å². The monoisotopic (exact) mass is 269 g/mol. The summed E-state index contributed by atoms with van der Waals surface area (Å²) in [4.78, 5) is 0. The van der Waals surface area contributed by atoms with Crippen molar-refractivity contribution < 1.29 is 10.2 Å². The molecule has 0 radical (unpaired) electrons. The van der Waals surface area contributed by atoms with E-state index in [2.05, 4.69) is 29.6 Å². The van der Waals surface area contributed by atoms with Crippen LogP contribution in [-0.2, 0) is 6.42 Å². The molecule has 0 aliphatic heterocycles. The van der Waals surface area contributed by atoms with Gasteiger partial charge in [0.2, 0.25) is 0 Å².